The highest BCUT2D eigenvalue weighted by Crippen LogP contribution is 2.29. The predicted octanol–water partition coefficient (Wildman–Crippen LogP) is 6.56. The van der Waals surface area contributed by atoms with Crippen molar-refractivity contribution in [2.75, 3.05) is 4.90 Å². The van der Waals surface area contributed by atoms with Gasteiger partial charge in [0.25, 0.3) is 0 Å². The van der Waals surface area contributed by atoms with Gasteiger partial charge in [-0.2, -0.15) is 5.10 Å². The molecule has 0 aliphatic carbocycles. The summed E-state index contributed by atoms with van der Waals surface area (Å²) < 4.78 is 7.31. The summed E-state index contributed by atoms with van der Waals surface area (Å²) in [7, 11) is 0. The number of hydrogen-bond donors (Lipinski definition) is 0. The molecule has 0 saturated heterocycles. The molecule has 5 aromatic rings. The van der Waals surface area contributed by atoms with E-state index in [0.29, 0.717) is 17.4 Å². The fourth-order valence-electron chi connectivity index (χ4n) is 3.84. The lowest BCUT2D eigenvalue weighted by Crippen LogP contribution is -2.22. The number of rotatable bonds is 9. The first kappa shape index (κ1) is 25.3. The second-order valence-electron chi connectivity index (χ2n) is 8.35. The first-order chi connectivity index (χ1) is 18.6. The van der Waals surface area contributed by atoms with E-state index in [1.165, 1.54) is 29.2 Å². The van der Waals surface area contributed by atoms with Gasteiger partial charge in [-0.05, 0) is 35.2 Å². The van der Waals surface area contributed by atoms with Crippen LogP contribution in [-0.4, -0.2) is 26.6 Å². The Hall–Kier alpha value is -4.34. The van der Waals surface area contributed by atoms with Gasteiger partial charge in [0.15, 0.2) is 5.13 Å². The van der Waals surface area contributed by atoms with Crippen LogP contribution < -0.4 is 4.90 Å². The molecule has 0 aliphatic heterocycles. The average Bonchev–Trinajstić information content (AvgIpc) is 3.69. The number of carbonyl (C=O) groups excluding carboxylic acids is 2. The van der Waals surface area contributed by atoms with Gasteiger partial charge in [0.1, 0.15) is 12.3 Å². The fourth-order valence-corrected chi connectivity index (χ4v) is 5.44. The monoisotopic (exact) mass is 540 g/mol. The van der Waals surface area contributed by atoms with Gasteiger partial charge >= 0.3 is 5.97 Å². The topological polar surface area (TPSA) is 77.3 Å². The first-order valence-corrected chi connectivity index (χ1v) is 13.6. The van der Waals surface area contributed by atoms with E-state index < -0.39 is 5.97 Å². The molecule has 0 aliphatic rings. The molecule has 7 nitrogen and oxygen atoms in total. The quantitative estimate of drug-likeness (QED) is 0.156. The number of nitrogens with zero attached hydrogens (tertiary/aromatic N) is 4. The largest absolute Gasteiger partial charge is 0.456 e. The van der Waals surface area contributed by atoms with Gasteiger partial charge in [-0.15, -0.1) is 22.7 Å². The van der Waals surface area contributed by atoms with Gasteiger partial charge < -0.3 is 4.74 Å². The molecule has 190 valence electrons. The van der Waals surface area contributed by atoms with Gasteiger partial charge in [-0.25, -0.2) is 9.78 Å². The summed E-state index contributed by atoms with van der Waals surface area (Å²) in [5.74, 6) is -0.634. The van der Waals surface area contributed by atoms with Crippen LogP contribution in [0.4, 0.5) is 10.8 Å². The molecule has 0 unspecified atom stereocenters. The number of thiophene rings is 1. The average molecular weight is 541 g/mol. The molecule has 0 saturated carbocycles. The highest BCUT2D eigenvalue weighted by molar-refractivity contribution is 7.14. The van der Waals surface area contributed by atoms with Crippen LogP contribution in [0.2, 0.25) is 0 Å². The predicted molar refractivity (Wildman–Crippen MR) is 151 cm³/mol. The Kier molecular flexibility index (Phi) is 7.86. The lowest BCUT2D eigenvalue weighted by atomic mass is 10.2. The van der Waals surface area contributed by atoms with Crippen molar-refractivity contribution < 1.29 is 14.3 Å². The first-order valence-electron chi connectivity index (χ1n) is 11.9. The maximum Gasteiger partial charge on any atom is 0.331 e. The Morgan fingerprint density at radius 2 is 1.76 bits per heavy atom. The minimum atomic E-state index is -0.487. The maximum absolute atomic E-state index is 12.5. The van der Waals surface area contributed by atoms with Crippen LogP contribution >= 0.6 is 22.7 Å². The van der Waals surface area contributed by atoms with E-state index in [2.05, 4.69) is 17.1 Å². The molecule has 2 aromatic carbocycles. The molecule has 38 heavy (non-hydrogen) atoms. The van der Waals surface area contributed by atoms with Crippen LogP contribution in [0.5, 0.6) is 0 Å². The van der Waals surface area contributed by atoms with Crippen molar-refractivity contribution in [3.05, 3.63) is 113 Å². The SMILES string of the molecule is CC(=O)N(c1ccccc1)c1nc(COC(=O)C=Cc2cn(Cc3ccccc3)nc2-c2cccs2)cs1. The minimum Gasteiger partial charge on any atom is -0.456 e. The standard InChI is InChI=1S/C29H24N4O3S2/c1-21(34)33(25-11-6-3-7-12-25)29-30-24(20-38-29)19-36-27(35)15-14-23-18-32(17-22-9-4-2-5-10-22)31-28(23)26-13-8-16-37-26/h2-16,18,20H,17,19H2,1H3. The zero-order valence-corrected chi connectivity index (χ0v) is 22.2. The van der Waals surface area contributed by atoms with E-state index in [-0.39, 0.29) is 12.5 Å². The van der Waals surface area contributed by atoms with Crippen molar-refractivity contribution in [2.45, 2.75) is 20.1 Å². The van der Waals surface area contributed by atoms with Crippen LogP contribution in [-0.2, 0) is 27.5 Å². The summed E-state index contributed by atoms with van der Waals surface area (Å²) in [6.45, 7) is 2.13. The third-order valence-corrected chi connectivity index (χ3v) is 7.30. The zero-order valence-electron chi connectivity index (χ0n) is 20.6. The molecule has 3 heterocycles. The molecule has 9 heteroatoms. The van der Waals surface area contributed by atoms with Crippen LogP contribution in [0.25, 0.3) is 16.6 Å². The van der Waals surface area contributed by atoms with E-state index in [1.807, 2.05) is 76.9 Å². The molecular weight excluding hydrogens is 516 g/mol. The number of hydrogen-bond acceptors (Lipinski definition) is 7. The second-order valence-corrected chi connectivity index (χ2v) is 10.1. The molecule has 3 aromatic heterocycles. The van der Waals surface area contributed by atoms with Crippen molar-refractivity contribution in [3.8, 4) is 10.6 Å². The summed E-state index contributed by atoms with van der Waals surface area (Å²) >= 11 is 2.92. The number of ether oxygens (including phenoxy) is 1. The van der Waals surface area contributed by atoms with Crippen LogP contribution in [0.1, 0.15) is 23.7 Å². The molecular formula is C29H24N4O3S2. The Bertz CT molecular complexity index is 1540. The number of para-hydroxylation sites is 1. The lowest BCUT2D eigenvalue weighted by Gasteiger charge is -2.17. The van der Waals surface area contributed by atoms with Crippen molar-refractivity contribution >= 4 is 51.4 Å². The molecule has 0 spiro atoms. The van der Waals surface area contributed by atoms with E-state index in [0.717, 1.165) is 27.4 Å². The van der Waals surface area contributed by atoms with Crippen molar-refractivity contribution in [1.29, 1.82) is 0 Å². The van der Waals surface area contributed by atoms with E-state index in [1.54, 1.807) is 22.8 Å². The number of esters is 1. The van der Waals surface area contributed by atoms with Crippen LogP contribution in [0.3, 0.4) is 0 Å². The molecule has 1 amide bonds. The van der Waals surface area contributed by atoms with Crippen LogP contribution in [0, 0.1) is 0 Å². The third kappa shape index (κ3) is 6.13. The Balaban J connectivity index is 1.26. The lowest BCUT2D eigenvalue weighted by molar-refractivity contribution is -0.139. The number of anilines is 2. The second kappa shape index (κ2) is 11.8. The molecule has 0 bridgehead atoms. The molecule has 0 radical (unpaired) electrons. The van der Waals surface area contributed by atoms with Gasteiger partial charge in [-0.1, -0.05) is 54.6 Å². The number of carbonyl (C=O) groups is 2. The smallest absolute Gasteiger partial charge is 0.331 e. The minimum absolute atomic E-state index is 0.00522. The molecule has 5 rings (SSSR count). The molecule has 0 N–H and O–H groups in total. The van der Waals surface area contributed by atoms with Crippen molar-refractivity contribution in [3.63, 3.8) is 0 Å². The van der Waals surface area contributed by atoms with Crippen molar-refractivity contribution in [1.82, 2.24) is 14.8 Å². The third-order valence-electron chi connectivity index (χ3n) is 5.55. The van der Waals surface area contributed by atoms with E-state index in [4.69, 9.17) is 9.84 Å². The number of aromatic nitrogens is 3. The summed E-state index contributed by atoms with van der Waals surface area (Å²) in [6, 6.07) is 23.4. The summed E-state index contributed by atoms with van der Waals surface area (Å²) in [6.07, 6.45) is 5.06. The van der Waals surface area contributed by atoms with E-state index >= 15 is 0 Å². The van der Waals surface area contributed by atoms with Gasteiger partial charge in [0.2, 0.25) is 5.91 Å². The van der Waals surface area contributed by atoms with Crippen LogP contribution in [0.15, 0.2) is 95.8 Å². The number of amides is 1. The highest BCUT2D eigenvalue weighted by Gasteiger charge is 2.18. The van der Waals surface area contributed by atoms with Gasteiger partial charge in [0, 0.05) is 30.1 Å². The Morgan fingerprint density at radius 1 is 1.00 bits per heavy atom. The number of thiazole rings is 1. The Morgan fingerprint density at radius 3 is 2.47 bits per heavy atom. The molecule has 0 atom stereocenters. The fraction of sp³-hybridized carbons (Fsp3) is 0.103. The van der Waals surface area contributed by atoms with Gasteiger partial charge in [0.05, 0.1) is 22.8 Å². The van der Waals surface area contributed by atoms with E-state index in [9.17, 15) is 9.59 Å². The molecule has 0 fully saturated rings. The van der Waals surface area contributed by atoms with Gasteiger partial charge in [-0.3, -0.25) is 14.4 Å². The normalized spacial score (nSPS) is 11.1. The summed E-state index contributed by atoms with van der Waals surface area (Å²) in [5.41, 5.74) is 4.09. The zero-order chi connectivity index (χ0) is 26.3. The maximum atomic E-state index is 12.5. The number of benzene rings is 2. The summed E-state index contributed by atoms with van der Waals surface area (Å²) in [5, 5.41) is 9.07. The van der Waals surface area contributed by atoms with Crippen molar-refractivity contribution in [2.24, 2.45) is 0 Å². The highest BCUT2D eigenvalue weighted by atomic mass is 32.1. The Labute approximate surface area is 228 Å². The summed E-state index contributed by atoms with van der Waals surface area (Å²) in [4.78, 5) is 31.8.